The molecule has 1 aromatic heterocycles. The van der Waals surface area contributed by atoms with E-state index in [1.54, 1.807) is 6.20 Å². The van der Waals surface area contributed by atoms with E-state index in [1.165, 1.54) is 0 Å². The lowest BCUT2D eigenvalue weighted by atomic mass is 10.2. The van der Waals surface area contributed by atoms with Crippen LogP contribution in [-0.2, 0) is 11.3 Å². The average Bonchev–Trinajstić information content (AvgIpc) is 3.05. The zero-order chi connectivity index (χ0) is 15.5. The Morgan fingerprint density at radius 1 is 1.18 bits per heavy atom. The number of rotatable bonds is 10. The number of nitrogens with zero attached hydrogens (tertiary/aromatic N) is 2. The summed E-state index contributed by atoms with van der Waals surface area (Å²) in [6.07, 6.45) is 9.17. The van der Waals surface area contributed by atoms with Gasteiger partial charge in [0.15, 0.2) is 0 Å². The molecule has 2 aromatic rings. The van der Waals surface area contributed by atoms with Gasteiger partial charge in [0.2, 0.25) is 5.91 Å². The van der Waals surface area contributed by atoms with Gasteiger partial charge in [-0.3, -0.25) is 4.79 Å². The number of benzene rings is 1. The van der Waals surface area contributed by atoms with Gasteiger partial charge < -0.3 is 14.6 Å². The molecule has 22 heavy (non-hydrogen) atoms. The van der Waals surface area contributed by atoms with E-state index in [4.69, 9.17) is 4.74 Å². The third kappa shape index (κ3) is 6.43. The van der Waals surface area contributed by atoms with E-state index >= 15 is 0 Å². The van der Waals surface area contributed by atoms with Gasteiger partial charge in [-0.05, 0) is 31.4 Å². The lowest BCUT2D eigenvalue weighted by Crippen LogP contribution is -2.25. The van der Waals surface area contributed by atoms with E-state index in [1.807, 2.05) is 42.9 Å². The molecule has 0 saturated carbocycles. The summed E-state index contributed by atoms with van der Waals surface area (Å²) in [5.74, 6) is 0.848. The molecule has 0 atom stereocenters. The van der Waals surface area contributed by atoms with Crippen LogP contribution in [0.2, 0.25) is 0 Å². The number of aryl methyl sites for hydroxylation is 1. The molecule has 1 N–H and O–H groups in total. The fourth-order valence-corrected chi connectivity index (χ4v) is 2.11. The molecule has 0 fully saturated rings. The highest BCUT2D eigenvalue weighted by Crippen LogP contribution is 2.08. The lowest BCUT2D eigenvalue weighted by molar-refractivity contribution is -0.121. The van der Waals surface area contributed by atoms with Crippen molar-refractivity contribution >= 4 is 5.91 Å². The highest BCUT2D eigenvalue weighted by Gasteiger charge is 2.01. The quantitative estimate of drug-likeness (QED) is 0.686. The van der Waals surface area contributed by atoms with Crippen LogP contribution in [-0.4, -0.2) is 28.6 Å². The summed E-state index contributed by atoms with van der Waals surface area (Å²) in [6, 6.07) is 9.54. The van der Waals surface area contributed by atoms with Gasteiger partial charge in [-0.2, -0.15) is 0 Å². The van der Waals surface area contributed by atoms with Crippen molar-refractivity contribution in [1.29, 1.82) is 0 Å². The highest BCUT2D eigenvalue weighted by molar-refractivity contribution is 5.75. The number of aromatic nitrogens is 2. The van der Waals surface area contributed by atoms with Crippen LogP contribution >= 0.6 is 0 Å². The summed E-state index contributed by atoms with van der Waals surface area (Å²) < 4.78 is 7.56. The van der Waals surface area contributed by atoms with Crippen molar-refractivity contribution in [2.75, 3.05) is 13.2 Å². The number of carbonyl (C=O) groups excluding carboxylic acids is 1. The van der Waals surface area contributed by atoms with Crippen LogP contribution in [0.25, 0.3) is 0 Å². The van der Waals surface area contributed by atoms with Crippen LogP contribution in [0.5, 0.6) is 5.75 Å². The number of ether oxygens (including phenoxy) is 1. The Bertz CT molecular complexity index is 526. The summed E-state index contributed by atoms with van der Waals surface area (Å²) >= 11 is 0. The van der Waals surface area contributed by atoms with Crippen molar-refractivity contribution in [2.24, 2.45) is 0 Å². The molecule has 1 aromatic carbocycles. The number of hydrogen-bond donors (Lipinski definition) is 1. The monoisotopic (exact) mass is 301 g/mol. The van der Waals surface area contributed by atoms with Gasteiger partial charge in [-0.1, -0.05) is 18.2 Å². The van der Waals surface area contributed by atoms with E-state index in [-0.39, 0.29) is 5.91 Å². The molecule has 0 spiro atoms. The third-order valence-electron chi connectivity index (χ3n) is 3.32. The zero-order valence-corrected chi connectivity index (χ0v) is 12.8. The Labute approximate surface area is 131 Å². The minimum absolute atomic E-state index is 0.0468. The zero-order valence-electron chi connectivity index (χ0n) is 12.8. The molecule has 0 bridgehead atoms. The molecule has 1 amide bonds. The maximum atomic E-state index is 11.6. The van der Waals surface area contributed by atoms with E-state index in [9.17, 15) is 4.79 Å². The first-order chi connectivity index (χ1) is 10.8. The smallest absolute Gasteiger partial charge is 0.223 e. The van der Waals surface area contributed by atoms with Crippen LogP contribution in [0.1, 0.15) is 25.7 Å². The van der Waals surface area contributed by atoms with Gasteiger partial charge in [0, 0.05) is 25.5 Å². The molecule has 5 nitrogen and oxygen atoms in total. The number of para-hydroxylation sites is 1. The predicted octanol–water partition coefficient (Wildman–Crippen LogP) is 2.64. The van der Waals surface area contributed by atoms with Crippen molar-refractivity contribution in [3.63, 3.8) is 0 Å². The van der Waals surface area contributed by atoms with Crippen LogP contribution in [0.4, 0.5) is 0 Å². The van der Waals surface area contributed by atoms with Crippen LogP contribution < -0.4 is 10.1 Å². The number of imidazole rings is 1. The van der Waals surface area contributed by atoms with E-state index < -0.39 is 0 Å². The van der Waals surface area contributed by atoms with Crippen molar-refractivity contribution in [3.8, 4) is 5.75 Å². The van der Waals surface area contributed by atoms with E-state index in [2.05, 4.69) is 14.9 Å². The Hall–Kier alpha value is -2.30. The molecule has 0 unspecified atom stereocenters. The Morgan fingerprint density at radius 3 is 2.82 bits per heavy atom. The highest BCUT2D eigenvalue weighted by atomic mass is 16.5. The molecule has 5 heteroatoms. The number of amides is 1. The van der Waals surface area contributed by atoms with Gasteiger partial charge in [-0.25, -0.2) is 4.98 Å². The molecule has 0 saturated heterocycles. The molecule has 0 aliphatic carbocycles. The maximum absolute atomic E-state index is 11.6. The topological polar surface area (TPSA) is 56.1 Å². The Morgan fingerprint density at radius 2 is 2.05 bits per heavy atom. The number of unbranched alkanes of at least 4 members (excludes halogenated alkanes) is 2. The lowest BCUT2D eigenvalue weighted by Gasteiger charge is -2.07. The molecular weight excluding hydrogens is 278 g/mol. The third-order valence-corrected chi connectivity index (χ3v) is 3.32. The van der Waals surface area contributed by atoms with Gasteiger partial charge in [0.05, 0.1) is 19.4 Å². The molecular formula is C17H23N3O2. The summed E-state index contributed by atoms with van der Waals surface area (Å²) in [7, 11) is 0. The SMILES string of the molecule is O=C(CCOc1ccccc1)NCCCCCn1ccnc1. The standard InChI is InChI=1S/C17H23N3O2/c21-17(9-14-22-16-7-3-1-4-8-16)19-10-5-2-6-12-20-13-11-18-15-20/h1,3-4,7-8,11,13,15H,2,5-6,9-10,12,14H2,(H,19,21). The second-order valence-electron chi connectivity index (χ2n) is 5.12. The van der Waals surface area contributed by atoms with Crippen LogP contribution in [0.3, 0.4) is 0 Å². The molecule has 0 aliphatic rings. The minimum atomic E-state index is 0.0468. The first-order valence-corrected chi connectivity index (χ1v) is 7.75. The average molecular weight is 301 g/mol. The van der Waals surface area contributed by atoms with Gasteiger partial charge in [0.25, 0.3) is 0 Å². The van der Waals surface area contributed by atoms with Gasteiger partial charge in [0.1, 0.15) is 5.75 Å². The molecule has 0 aliphatic heterocycles. The minimum Gasteiger partial charge on any atom is -0.493 e. The predicted molar refractivity (Wildman–Crippen MR) is 85.6 cm³/mol. The molecule has 118 valence electrons. The molecule has 0 radical (unpaired) electrons. The first kappa shape index (κ1) is 16.1. The summed E-state index contributed by atoms with van der Waals surface area (Å²) in [5.41, 5.74) is 0. The fourth-order valence-electron chi connectivity index (χ4n) is 2.11. The Kier molecular flexibility index (Phi) is 7.02. The Balaban J connectivity index is 1.44. The second-order valence-corrected chi connectivity index (χ2v) is 5.12. The normalized spacial score (nSPS) is 10.4. The van der Waals surface area contributed by atoms with Crippen LogP contribution in [0.15, 0.2) is 49.1 Å². The fraction of sp³-hybridized carbons (Fsp3) is 0.412. The van der Waals surface area contributed by atoms with Crippen molar-refractivity contribution in [1.82, 2.24) is 14.9 Å². The second kappa shape index (κ2) is 9.60. The van der Waals surface area contributed by atoms with E-state index in [0.717, 1.165) is 38.1 Å². The van der Waals surface area contributed by atoms with Crippen molar-refractivity contribution in [2.45, 2.75) is 32.2 Å². The van der Waals surface area contributed by atoms with E-state index in [0.29, 0.717) is 13.0 Å². The van der Waals surface area contributed by atoms with Crippen LogP contribution in [0, 0.1) is 0 Å². The van der Waals surface area contributed by atoms with Crippen molar-refractivity contribution < 1.29 is 9.53 Å². The first-order valence-electron chi connectivity index (χ1n) is 7.75. The number of nitrogens with one attached hydrogen (secondary N) is 1. The van der Waals surface area contributed by atoms with Gasteiger partial charge >= 0.3 is 0 Å². The molecule has 1 heterocycles. The summed E-state index contributed by atoms with van der Waals surface area (Å²) in [6.45, 7) is 2.13. The van der Waals surface area contributed by atoms with Crippen molar-refractivity contribution in [3.05, 3.63) is 49.1 Å². The molecule has 2 rings (SSSR count). The van der Waals surface area contributed by atoms with Gasteiger partial charge in [-0.15, -0.1) is 0 Å². The maximum Gasteiger partial charge on any atom is 0.223 e. The number of hydrogen-bond acceptors (Lipinski definition) is 3. The number of carbonyl (C=O) groups is 1. The largest absolute Gasteiger partial charge is 0.493 e. The summed E-state index contributed by atoms with van der Waals surface area (Å²) in [5, 5.41) is 2.92. The summed E-state index contributed by atoms with van der Waals surface area (Å²) in [4.78, 5) is 15.7.